The Bertz CT molecular complexity index is 2190. The number of carbonyl (C=O) groups is 4. The van der Waals surface area contributed by atoms with Crippen molar-refractivity contribution in [2.75, 3.05) is 55.6 Å². The largest absolute Gasteiger partial charge is 0.488 e. The van der Waals surface area contributed by atoms with E-state index < -0.39 is 30.9 Å². The van der Waals surface area contributed by atoms with E-state index in [0.29, 0.717) is 22.5 Å². The molecule has 58 heavy (non-hydrogen) atoms. The summed E-state index contributed by atoms with van der Waals surface area (Å²) in [5, 5.41) is 21.6. The molecule has 3 fully saturated rings. The molecule has 4 aliphatic heterocycles. The molecule has 4 heterocycles. The third-order valence-electron chi connectivity index (χ3n) is 12.4. The number of allylic oxidation sites excluding steroid dienone is 1. The molecule has 4 amide bonds. The van der Waals surface area contributed by atoms with Crippen molar-refractivity contribution in [3.63, 3.8) is 0 Å². The Labute approximate surface area is 340 Å². The van der Waals surface area contributed by atoms with Crippen LogP contribution in [0.4, 0.5) is 11.4 Å². The minimum atomic E-state index is -1.50. The molecule has 0 radical (unpaired) electrons. The molecule has 0 bridgehead atoms. The van der Waals surface area contributed by atoms with Crippen molar-refractivity contribution < 1.29 is 29.2 Å². The predicted octanol–water partition coefficient (Wildman–Crippen LogP) is 4.57. The molecule has 11 nitrogen and oxygen atoms in total. The third-order valence-corrected chi connectivity index (χ3v) is 12.4. The second kappa shape index (κ2) is 17.1. The second-order valence-corrected chi connectivity index (χ2v) is 15.8. The third kappa shape index (κ3) is 8.09. The smallest absolute Gasteiger partial charge is 0.423 e. The van der Waals surface area contributed by atoms with Gasteiger partial charge in [0, 0.05) is 57.1 Å². The molecule has 4 aromatic carbocycles. The Morgan fingerprint density at radius 3 is 1.95 bits per heavy atom. The maximum atomic E-state index is 13.3. The number of hydrogen-bond donors (Lipinski definition) is 3. The monoisotopic (exact) mass is 779 g/mol. The van der Waals surface area contributed by atoms with Crippen LogP contribution in [-0.2, 0) is 9.59 Å². The van der Waals surface area contributed by atoms with Gasteiger partial charge in [0.2, 0.25) is 11.8 Å². The van der Waals surface area contributed by atoms with Gasteiger partial charge in [0.1, 0.15) is 6.04 Å². The van der Waals surface area contributed by atoms with Gasteiger partial charge in [-0.3, -0.25) is 34.3 Å². The van der Waals surface area contributed by atoms with Gasteiger partial charge in [-0.1, -0.05) is 73.7 Å². The van der Waals surface area contributed by atoms with Crippen LogP contribution in [0.3, 0.4) is 0 Å². The highest BCUT2D eigenvalue weighted by Gasteiger charge is 2.45. The lowest BCUT2D eigenvalue weighted by Crippen LogP contribution is -2.54. The Balaban J connectivity index is 0.839. The number of nitrogens with zero attached hydrogens (tertiary/aromatic N) is 4. The number of piperidine rings is 2. The maximum Gasteiger partial charge on any atom is 0.488 e. The lowest BCUT2D eigenvalue weighted by molar-refractivity contribution is -0.136. The van der Waals surface area contributed by atoms with Crippen molar-refractivity contribution in [2.24, 2.45) is 5.92 Å². The molecule has 1 unspecified atom stereocenters. The van der Waals surface area contributed by atoms with Gasteiger partial charge in [-0.2, -0.15) is 0 Å². The number of piperazine rings is 1. The molecular weight excluding hydrogens is 729 g/mol. The predicted molar refractivity (Wildman–Crippen MR) is 227 cm³/mol. The molecule has 298 valence electrons. The van der Waals surface area contributed by atoms with Crippen LogP contribution in [0.15, 0.2) is 97.1 Å². The molecule has 0 spiro atoms. The quantitative estimate of drug-likeness (QED) is 0.114. The van der Waals surface area contributed by atoms with E-state index in [9.17, 15) is 29.2 Å². The summed E-state index contributed by atoms with van der Waals surface area (Å²) in [6.45, 7) is 8.78. The van der Waals surface area contributed by atoms with Crippen molar-refractivity contribution in [2.45, 2.75) is 51.5 Å². The fourth-order valence-corrected chi connectivity index (χ4v) is 9.07. The first-order valence-corrected chi connectivity index (χ1v) is 20.6. The van der Waals surface area contributed by atoms with E-state index >= 15 is 0 Å². The van der Waals surface area contributed by atoms with Gasteiger partial charge >= 0.3 is 7.12 Å². The van der Waals surface area contributed by atoms with E-state index in [1.54, 1.807) is 24.3 Å². The van der Waals surface area contributed by atoms with Gasteiger partial charge in [-0.25, -0.2) is 0 Å². The van der Waals surface area contributed by atoms with E-state index in [2.05, 4.69) is 75.5 Å². The summed E-state index contributed by atoms with van der Waals surface area (Å²) in [6.07, 6.45) is 4.57. The highest BCUT2D eigenvalue weighted by molar-refractivity contribution is 6.58. The second-order valence-electron chi connectivity index (χ2n) is 15.8. The molecule has 3 saturated heterocycles. The van der Waals surface area contributed by atoms with Crippen LogP contribution >= 0.6 is 0 Å². The number of nitrogens with one attached hydrogen (secondary N) is 1. The zero-order valence-corrected chi connectivity index (χ0v) is 33.0. The highest BCUT2D eigenvalue weighted by atomic mass is 16.4. The summed E-state index contributed by atoms with van der Waals surface area (Å²) in [5.74, 6) is -1.26. The molecule has 4 aliphatic rings. The topological polar surface area (TPSA) is 134 Å². The normalized spacial score (nSPS) is 19.6. The highest BCUT2D eigenvalue weighted by Crippen LogP contribution is 2.36. The fourth-order valence-electron chi connectivity index (χ4n) is 9.07. The van der Waals surface area contributed by atoms with Crippen LogP contribution in [-0.4, -0.2) is 102 Å². The number of amides is 4. The Hall–Kier alpha value is -5.56. The molecule has 0 aliphatic carbocycles. The van der Waals surface area contributed by atoms with Gasteiger partial charge < -0.3 is 19.8 Å². The van der Waals surface area contributed by atoms with E-state index in [-0.39, 0.29) is 18.7 Å². The summed E-state index contributed by atoms with van der Waals surface area (Å²) in [7, 11) is -1.50. The van der Waals surface area contributed by atoms with Crippen LogP contribution in [0.1, 0.15) is 82.9 Å². The SMILES string of the molecule is CC/C(=C(\c1ccc(B(O)O)cc1)c1ccc(N2CCC(CCN3CCN(c4ccc5c(c4)C(=O)N(C4CCC(=O)NC4=O)C5=O)CC3)CC2)cc1)c1ccccc1. The summed E-state index contributed by atoms with van der Waals surface area (Å²) < 4.78 is 0. The zero-order chi connectivity index (χ0) is 40.3. The molecule has 8 rings (SSSR count). The molecule has 12 heteroatoms. The number of imide groups is 2. The molecule has 3 N–H and O–H groups in total. The van der Waals surface area contributed by atoms with Crippen LogP contribution < -0.4 is 20.6 Å². The van der Waals surface area contributed by atoms with Crippen molar-refractivity contribution in [1.82, 2.24) is 15.1 Å². The first-order valence-electron chi connectivity index (χ1n) is 20.6. The standard InChI is InChI=1S/C46H50BN5O6/c1-2-38(32-6-4-3-5-7-32)43(33-8-12-35(13-9-33)47(57)58)34-10-14-36(15-11-34)50-24-21-31(22-25-50)20-23-49-26-28-51(29-27-49)37-16-17-39-40(30-37)46(56)52(45(39)55)41-18-19-42(53)48-44(41)54/h3-17,30-31,41,57-58H,2,18-29H2,1H3,(H,48,53,54)/b43-38-. The van der Waals surface area contributed by atoms with Gasteiger partial charge in [0.15, 0.2) is 0 Å². The number of anilines is 2. The summed E-state index contributed by atoms with van der Waals surface area (Å²) in [6, 6.07) is 31.3. The molecule has 1 atom stereocenters. The van der Waals surface area contributed by atoms with E-state index in [4.69, 9.17) is 0 Å². The first-order chi connectivity index (χ1) is 28.2. The minimum Gasteiger partial charge on any atom is -0.423 e. The molecule has 4 aromatic rings. The maximum absolute atomic E-state index is 13.3. The average molecular weight is 780 g/mol. The summed E-state index contributed by atoms with van der Waals surface area (Å²) in [4.78, 5) is 58.9. The van der Waals surface area contributed by atoms with E-state index in [0.717, 1.165) is 98.8 Å². The van der Waals surface area contributed by atoms with Crippen LogP contribution in [0.5, 0.6) is 0 Å². The van der Waals surface area contributed by atoms with Crippen molar-refractivity contribution in [1.29, 1.82) is 0 Å². The average Bonchev–Trinajstić information content (AvgIpc) is 3.50. The zero-order valence-electron chi connectivity index (χ0n) is 33.0. The molecular formula is C46H50BN5O6. The summed E-state index contributed by atoms with van der Waals surface area (Å²) >= 11 is 0. The lowest BCUT2D eigenvalue weighted by atomic mass is 9.79. The Kier molecular flexibility index (Phi) is 11.6. The van der Waals surface area contributed by atoms with Gasteiger partial charge in [-0.15, -0.1) is 0 Å². The van der Waals surface area contributed by atoms with Crippen LogP contribution in [0.25, 0.3) is 11.1 Å². The van der Waals surface area contributed by atoms with Crippen molar-refractivity contribution in [3.05, 3.63) is 125 Å². The van der Waals surface area contributed by atoms with Crippen molar-refractivity contribution in [3.8, 4) is 0 Å². The molecule has 0 aromatic heterocycles. The summed E-state index contributed by atoms with van der Waals surface area (Å²) in [5.41, 5.74) is 8.97. The Morgan fingerprint density at radius 1 is 0.690 bits per heavy atom. The van der Waals surface area contributed by atoms with Gasteiger partial charge in [0.05, 0.1) is 11.1 Å². The Morgan fingerprint density at radius 2 is 1.31 bits per heavy atom. The number of benzene rings is 4. The molecule has 0 saturated carbocycles. The fraction of sp³-hybridized carbons (Fsp3) is 0.348. The van der Waals surface area contributed by atoms with Gasteiger partial charge in [-0.05, 0) is 108 Å². The minimum absolute atomic E-state index is 0.0988. The number of hydrogen-bond acceptors (Lipinski definition) is 9. The number of carbonyl (C=O) groups excluding carboxylic acids is 4. The number of rotatable bonds is 11. The number of fused-ring (bicyclic) bond motifs is 1. The van der Waals surface area contributed by atoms with Crippen molar-refractivity contribution >= 4 is 58.7 Å². The lowest BCUT2D eigenvalue weighted by Gasteiger charge is -2.38. The van der Waals surface area contributed by atoms with E-state index in [1.807, 2.05) is 24.3 Å². The van der Waals surface area contributed by atoms with E-state index in [1.165, 1.54) is 16.8 Å². The van der Waals surface area contributed by atoms with Crippen LogP contribution in [0.2, 0.25) is 0 Å². The van der Waals surface area contributed by atoms with Gasteiger partial charge in [0.25, 0.3) is 11.8 Å². The van der Waals surface area contributed by atoms with Crippen LogP contribution in [0, 0.1) is 5.92 Å². The first kappa shape index (κ1) is 39.3.